The van der Waals surface area contributed by atoms with Gasteiger partial charge in [-0.05, 0) is 43.3 Å². The number of fused-ring (bicyclic) bond motifs is 1. The van der Waals surface area contributed by atoms with E-state index >= 15 is 0 Å². The molecule has 1 aromatic heterocycles. The lowest BCUT2D eigenvalue weighted by Crippen LogP contribution is -2.20. The molecule has 1 aliphatic rings. The van der Waals surface area contributed by atoms with Gasteiger partial charge in [0.05, 0.1) is 6.54 Å². The second kappa shape index (κ2) is 5.90. The molecule has 0 bridgehead atoms. The molecule has 4 heteroatoms. The molecule has 21 heavy (non-hydrogen) atoms. The third kappa shape index (κ3) is 2.95. The van der Waals surface area contributed by atoms with E-state index in [1.165, 1.54) is 11.6 Å². The molecule has 0 saturated heterocycles. The Morgan fingerprint density at radius 3 is 3.05 bits per heavy atom. The van der Waals surface area contributed by atoms with Gasteiger partial charge in [-0.25, -0.2) is 4.39 Å². The first-order valence-corrected chi connectivity index (χ1v) is 7.47. The Morgan fingerprint density at radius 1 is 1.43 bits per heavy atom. The van der Waals surface area contributed by atoms with Crippen LogP contribution in [-0.4, -0.2) is 17.7 Å². The van der Waals surface area contributed by atoms with Crippen LogP contribution in [0.5, 0.6) is 5.75 Å². The van der Waals surface area contributed by atoms with Crippen LogP contribution in [0.1, 0.15) is 30.5 Å². The molecule has 0 fully saturated rings. The molecule has 2 unspecified atom stereocenters. The van der Waals surface area contributed by atoms with Gasteiger partial charge < -0.3 is 14.6 Å². The number of rotatable bonds is 5. The number of hydrogen-bond donors (Lipinski definition) is 1. The minimum Gasteiger partial charge on any atom is -0.488 e. The van der Waals surface area contributed by atoms with Crippen LogP contribution in [0.4, 0.5) is 4.39 Å². The van der Waals surface area contributed by atoms with Crippen LogP contribution in [0.15, 0.2) is 36.7 Å². The van der Waals surface area contributed by atoms with E-state index in [0.717, 1.165) is 30.7 Å². The van der Waals surface area contributed by atoms with Crippen molar-refractivity contribution >= 4 is 0 Å². The van der Waals surface area contributed by atoms with Crippen molar-refractivity contribution in [3.8, 4) is 5.75 Å². The standard InChI is InChI=1S/C17H21FN2O/c1-3-16(19-2)12-6-7-20(10-12)11-15-9-13-8-14(18)4-5-17(13)21-15/h4-8,10,15-16,19H,3,9,11H2,1-2H3. The maximum absolute atomic E-state index is 13.2. The lowest BCUT2D eigenvalue weighted by atomic mass is 10.1. The average Bonchev–Trinajstić information content (AvgIpc) is 3.07. The minimum atomic E-state index is -0.193. The molecule has 0 saturated carbocycles. The Balaban J connectivity index is 1.66. The SMILES string of the molecule is CCC(NC)c1ccn(CC2Cc3cc(F)ccc3O2)c1. The predicted molar refractivity (Wildman–Crippen MR) is 81.0 cm³/mol. The second-order valence-electron chi connectivity index (χ2n) is 5.59. The zero-order valence-electron chi connectivity index (χ0n) is 12.5. The van der Waals surface area contributed by atoms with Gasteiger partial charge in [-0.3, -0.25) is 0 Å². The lowest BCUT2D eigenvalue weighted by Gasteiger charge is -2.13. The highest BCUT2D eigenvalue weighted by atomic mass is 19.1. The first-order chi connectivity index (χ1) is 10.2. The molecular formula is C17H21FN2O. The van der Waals surface area contributed by atoms with Gasteiger partial charge in [0.2, 0.25) is 0 Å². The summed E-state index contributed by atoms with van der Waals surface area (Å²) in [5.41, 5.74) is 2.26. The summed E-state index contributed by atoms with van der Waals surface area (Å²) in [4.78, 5) is 0. The molecule has 112 valence electrons. The molecule has 1 N–H and O–H groups in total. The number of aromatic nitrogens is 1. The van der Waals surface area contributed by atoms with Crippen LogP contribution in [-0.2, 0) is 13.0 Å². The van der Waals surface area contributed by atoms with Gasteiger partial charge in [0.15, 0.2) is 0 Å². The van der Waals surface area contributed by atoms with Crippen molar-refractivity contribution in [3.63, 3.8) is 0 Å². The van der Waals surface area contributed by atoms with Crippen LogP contribution >= 0.6 is 0 Å². The molecule has 0 amide bonds. The monoisotopic (exact) mass is 288 g/mol. The predicted octanol–water partition coefficient (Wildman–Crippen LogP) is 3.30. The third-order valence-electron chi connectivity index (χ3n) is 4.11. The van der Waals surface area contributed by atoms with Gasteiger partial charge in [0.25, 0.3) is 0 Å². The quantitative estimate of drug-likeness (QED) is 0.913. The molecule has 2 atom stereocenters. The minimum absolute atomic E-state index is 0.0803. The molecule has 0 spiro atoms. The maximum Gasteiger partial charge on any atom is 0.123 e. The summed E-state index contributed by atoms with van der Waals surface area (Å²) in [5.74, 6) is 0.622. The Morgan fingerprint density at radius 2 is 2.29 bits per heavy atom. The second-order valence-corrected chi connectivity index (χ2v) is 5.59. The summed E-state index contributed by atoms with van der Waals surface area (Å²) in [6.07, 6.45) is 6.16. The highest BCUT2D eigenvalue weighted by Gasteiger charge is 2.23. The van der Waals surface area contributed by atoms with Gasteiger partial charge in [-0.15, -0.1) is 0 Å². The molecule has 3 nitrogen and oxygen atoms in total. The van der Waals surface area contributed by atoms with E-state index in [1.54, 1.807) is 12.1 Å². The van der Waals surface area contributed by atoms with Crippen LogP contribution < -0.4 is 10.1 Å². The van der Waals surface area contributed by atoms with Gasteiger partial charge in [0, 0.05) is 30.4 Å². The fourth-order valence-electron chi connectivity index (χ4n) is 3.01. The fourth-order valence-corrected chi connectivity index (χ4v) is 3.01. The van der Waals surface area contributed by atoms with Crippen LogP contribution in [0, 0.1) is 5.82 Å². The summed E-state index contributed by atoms with van der Waals surface area (Å²) in [7, 11) is 1.98. The number of nitrogens with one attached hydrogen (secondary N) is 1. The number of ether oxygens (including phenoxy) is 1. The van der Waals surface area contributed by atoms with Gasteiger partial charge in [0.1, 0.15) is 17.7 Å². The van der Waals surface area contributed by atoms with Crippen LogP contribution in [0.3, 0.4) is 0 Å². The normalized spacial score (nSPS) is 18.3. The Labute approximate surface area is 124 Å². The Kier molecular flexibility index (Phi) is 3.97. The first-order valence-electron chi connectivity index (χ1n) is 7.47. The maximum atomic E-state index is 13.2. The molecule has 1 aliphatic heterocycles. The van der Waals surface area contributed by atoms with E-state index in [0.29, 0.717) is 6.04 Å². The van der Waals surface area contributed by atoms with Crippen molar-refractivity contribution in [2.75, 3.05) is 7.05 Å². The highest BCUT2D eigenvalue weighted by Crippen LogP contribution is 2.30. The smallest absolute Gasteiger partial charge is 0.123 e. The van der Waals surface area contributed by atoms with Crippen LogP contribution in [0.25, 0.3) is 0 Å². The zero-order valence-corrected chi connectivity index (χ0v) is 12.5. The molecule has 3 rings (SSSR count). The third-order valence-corrected chi connectivity index (χ3v) is 4.11. The van der Waals surface area contributed by atoms with Gasteiger partial charge in [-0.2, -0.15) is 0 Å². The summed E-state index contributed by atoms with van der Waals surface area (Å²) in [5, 5.41) is 3.31. The summed E-state index contributed by atoms with van der Waals surface area (Å²) >= 11 is 0. The van der Waals surface area contributed by atoms with Crippen molar-refractivity contribution in [2.45, 2.75) is 38.5 Å². The highest BCUT2D eigenvalue weighted by molar-refractivity contribution is 5.37. The first kappa shape index (κ1) is 14.1. The molecular weight excluding hydrogens is 267 g/mol. The largest absolute Gasteiger partial charge is 0.488 e. The van der Waals surface area contributed by atoms with Crippen molar-refractivity contribution in [1.29, 1.82) is 0 Å². The fraction of sp³-hybridized carbons (Fsp3) is 0.412. The molecule has 0 aliphatic carbocycles. The lowest BCUT2D eigenvalue weighted by molar-refractivity contribution is 0.209. The average molecular weight is 288 g/mol. The molecule has 2 heterocycles. The van der Waals surface area contributed by atoms with Gasteiger partial charge >= 0.3 is 0 Å². The number of nitrogens with zero attached hydrogens (tertiary/aromatic N) is 1. The zero-order chi connectivity index (χ0) is 14.8. The van der Waals surface area contributed by atoms with E-state index in [-0.39, 0.29) is 11.9 Å². The summed E-state index contributed by atoms with van der Waals surface area (Å²) in [6, 6.07) is 7.28. The number of benzene rings is 1. The number of halogens is 1. The van der Waals surface area contributed by atoms with E-state index in [1.807, 2.05) is 7.05 Å². The molecule has 0 radical (unpaired) electrons. The summed E-state index contributed by atoms with van der Waals surface area (Å²) < 4.78 is 21.3. The van der Waals surface area contributed by atoms with Crippen molar-refractivity contribution < 1.29 is 9.13 Å². The Hall–Kier alpha value is -1.81. The van der Waals surface area contributed by atoms with E-state index < -0.39 is 0 Å². The van der Waals surface area contributed by atoms with Crippen molar-refractivity contribution in [3.05, 3.63) is 53.6 Å². The molecule has 1 aromatic carbocycles. The number of hydrogen-bond acceptors (Lipinski definition) is 2. The van der Waals surface area contributed by atoms with Crippen molar-refractivity contribution in [2.24, 2.45) is 0 Å². The van der Waals surface area contributed by atoms with Crippen LogP contribution in [0.2, 0.25) is 0 Å². The Bertz CT molecular complexity index is 619. The van der Waals surface area contributed by atoms with Gasteiger partial charge in [-0.1, -0.05) is 6.92 Å². The molecule has 2 aromatic rings. The van der Waals surface area contributed by atoms with Crippen molar-refractivity contribution in [1.82, 2.24) is 9.88 Å². The van der Waals surface area contributed by atoms with E-state index in [9.17, 15) is 4.39 Å². The topological polar surface area (TPSA) is 26.2 Å². The summed E-state index contributed by atoms with van der Waals surface area (Å²) in [6.45, 7) is 2.96. The van der Waals surface area contributed by atoms with E-state index in [4.69, 9.17) is 4.74 Å². The van der Waals surface area contributed by atoms with E-state index in [2.05, 4.69) is 35.3 Å².